The molecule has 0 aliphatic carbocycles. The van der Waals surface area contributed by atoms with Crippen molar-refractivity contribution < 1.29 is 4.74 Å². The molecule has 0 spiro atoms. The molecule has 90 valence electrons. The van der Waals surface area contributed by atoms with Crippen LogP contribution in [0.1, 0.15) is 32.8 Å². The van der Waals surface area contributed by atoms with Crippen LogP contribution in [0.15, 0.2) is 24.3 Å². The summed E-state index contributed by atoms with van der Waals surface area (Å²) in [5.74, 6) is 1.02. The molecule has 0 aromatic heterocycles. The van der Waals surface area contributed by atoms with Gasteiger partial charge >= 0.3 is 0 Å². The topological polar surface area (TPSA) is 21.3 Å². The summed E-state index contributed by atoms with van der Waals surface area (Å²) in [6, 6.07) is 8.25. The zero-order valence-corrected chi connectivity index (χ0v) is 10.8. The molecule has 0 aliphatic rings. The second-order valence-electron chi connectivity index (χ2n) is 4.69. The minimum atomic E-state index is 0.140. The Morgan fingerprint density at radius 2 is 1.94 bits per heavy atom. The molecular formula is C14H23NO. The molecule has 1 rings (SSSR count). The van der Waals surface area contributed by atoms with Gasteiger partial charge in [0.25, 0.3) is 0 Å². The molecule has 0 aliphatic heterocycles. The van der Waals surface area contributed by atoms with Crippen molar-refractivity contribution in [2.24, 2.45) is 0 Å². The smallest absolute Gasteiger partial charge is 0.122 e. The molecule has 0 bridgehead atoms. The molecule has 2 heteroatoms. The molecule has 1 N–H and O–H groups in total. The fourth-order valence-electron chi connectivity index (χ4n) is 1.48. The Morgan fingerprint density at radius 3 is 2.56 bits per heavy atom. The second kappa shape index (κ2) is 5.90. The SMILES string of the molecule is CCc1ccccc1OCCC(C)(C)NC. The van der Waals surface area contributed by atoms with E-state index in [0.29, 0.717) is 0 Å². The van der Waals surface area contributed by atoms with E-state index in [1.807, 2.05) is 19.2 Å². The van der Waals surface area contributed by atoms with Crippen LogP contribution in [0.4, 0.5) is 0 Å². The molecule has 2 nitrogen and oxygen atoms in total. The molecule has 0 atom stereocenters. The van der Waals surface area contributed by atoms with Crippen molar-refractivity contribution in [3.63, 3.8) is 0 Å². The van der Waals surface area contributed by atoms with Gasteiger partial charge in [0.1, 0.15) is 5.75 Å². The van der Waals surface area contributed by atoms with Crippen LogP contribution in [0.25, 0.3) is 0 Å². The lowest BCUT2D eigenvalue weighted by Crippen LogP contribution is -2.37. The predicted molar refractivity (Wildman–Crippen MR) is 69.1 cm³/mol. The quantitative estimate of drug-likeness (QED) is 0.797. The van der Waals surface area contributed by atoms with Gasteiger partial charge in [0.05, 0.1) is 6.61 Å². The summed E-state index contributed by atoms with van der Waals surface area (Å²) in [5.41, 5.74) is 1.42. The fraction of sp³-hybridized carbons (Fsp3) is 0.571. The number of ether oxygens (including phenoxy) is 1. The van der Waals surface area contributed by atoms with Gasteiger partial charge in [0.15, 0.2) is 0 Å². The first-order valence-electron chi connectivity index (χ1n) is 5.98. The van der Waals surface area contributed by atoms with Gasteiger partial charge in [-0.2, -0.15) is 0 Å². The summed E-state index contributed by atoms with van der Waals surface area (Å²) >= 11 is 0. The molecule has 0 radical (unpaired) electrons. The summed E-state index contributed by atoms with van der Waals surface area (Å²) < 4.78 is 5.83. The van der Waals surface area contributed by atoms with Crippen molar-refractivity contribution >= 4 is 0 Å². The van der Waals surface area contributed by atoms with Crippen molar-refractivity contribution in [1.82, 2.24) is 5.32 Å². The highest BCUT2D eigenvalue weighted by molar-refractivity contribution is 5.33. The van der Waals surface area contributed by atoms with Gasteiger partial charge in [-0.25, -0.2) is 0 Å². The van der Waals surface area contributed by atoms with E-state index >= 15 is 0 Å². The van der Waals surface area contributed by atoms with Gasteiger partial charge in [-0.1, -0.05) is 25.1 Å². The number of rotatable bonds is 6. The van der Waals surface area contributed by atoms with Crippen LogP contribution in [-0.2, 0) is 6.42 Å². The Hall–Kier alpha value is -1.02. The Balaban J connectivity index is 2.49. The summed E-state index contributed by atoms with van der Waals surface area (Å²) in [5, 5.41) is 3.28. The summed E-state index contributed by atoms with van der Waals surface area (Å²) in [7, 11) is 1.99. The highest BCUT2D eigenvalue weighted by Gasteiger charge is 2.14. The van der Waals surface area contributed by atoms with Gasteiger partial charge in [0.2, 0.25) is 0 Å². The van der Waals surface area contributed by atoms with E-state index in [9.17, 15) is 0 Å². The number of hydrogen-bond acceptors (Lipinski definition) is 2. The zero-order valence-electron chi connectivity index (χ0n) is 10.8. The third-order valence-corrected chi connectivity index (χ3v) is 3.01. The first kappa shape index (κ1) is 13.0. The molecule has 1 aromatic rings. The van der Waals surface area contributed by atoms with E-state index in [1.165, 1.54) is 5.56 Å². The Kier molecular flexibility index (Phi) is 4.81. The molecule has 0 saturated heterocycles. The molecule has 0 amide bonds. The third-order valence-electron chi connectivity index (χ3n) is 3.01. The average molecular weight is 221 g/mol. The lowest BCUT2D eigenvalue weighted by atomic mass is 10.0. The normalized spacial score (nSPS) is 11.5. The minimum Gasteiger partial charge on any atom is -0.493 e. The van der Waals surface area contributed by atoms with Crippen molar-refractivity contribution in [3.8, 4) is 5.75 Å². The maximum Gasteiger partial charge on any atom is 0.122 e. The van der Waals surface area contributed by atoms with Crippen molar-refractivity contribution in [3.05, 3.63) is 29.8 Å². The summed E-state index contributed by atoms with van der Waals surface area (Å²) in [6.07, 6.45) is 2.02. The van der Waals surface area contributed by atoms with Crippen molar-refractivity contribution in [1.29, 1.82) is 0 Å². The number of benzene rings is 1. The van der Waals surface area contributed by atoms with Crippen LogP contribution in [-0.4, -0.2) is 19.2 Å². The third kappa shape index (κ3) is 3.86. The molecular weight excluding hydrogens is 198 g/mol. The van der Waals surface area contributed by atoms with Crippen LogP contribution < -0.4 is 10.1 Å². The van der Waals surface area contributed by atoms with Gasteiger partial charge in [-0.3, -0.25) is 0 Å². The highest BCUT2D eigenvalue weighted by Crippen LogP contribution is 2.19. The van der Waals surface area contributed by atoms with E-state index < -0.39 is 0 Å². The molecule has 0 fully saturated rings. The maximum absolute atomic E-state index is 5.83. The Morgan fingerprint density at radius 1 is 1.25 bits per heavy atom. The van der Waals surface area contributed by atoms with E-state index in [1.54, 1.807) is 0 Å². The lowest BCUT2D eigenvalue weighted by Gasteiger charge is -2.24. The molecule has 0 heterocycles. The van der Waals surface area contributed by atoms with Gasteiger partial charge in [0, 0.05) is 5.54 Å². The average Bonchev–Trinajstić information content (AvgIpc) is 2.29. The summed E-state index contributed by atoms with van der Waals surface area (Å²) in [4.78, 5) is 0. The first-order valence-corrected chi connectivity index (χ1v) is 5.98. The second-order valence-corrected chi connectivity index (χ2v) is 4.69. The van der Waals surface area contributed by atoms with Crippen LogP contribution in [0.5, 0.6) is 5.75 Å². The van der Waals surface area contributed by atoms with Crippen LogP contribution in [0.3, 0.4) is 0 Å². The number of aryl methyl sites for hydroxylation is 1. The monoisotopic (exact) mass is 221 g/mol. The van der Waals surface area contributed by atoms with Crippen LogP contribution in [0.2, 0.25) is 0 Å². The minimum absolute atomic E-state index is 0.140. The van der Waals surface area contributed by atoms with Crippen LogP contribution >= 0.6 is 0 Å². The molecule has 0 saturated carbocycles. The van der Waals surface area contributed by atoms with Gasteiger partial charge in [-0.15, -0.1) is 0 Å². The number of nitrogens with one attached hydrogen (secondary N) is 1. The highest BCUT2D eigenvalue weighted by atomic mass is 16.5. The Bertz CT molecular complexity index is 320. The number of hydrogen-bond donors (Lipinski definition) is 1. The zero-order chi connectivity index (χ0) is 12.0. The predicted octanol–water partition coefficient (Wildman–Crippen LogP) is 3.02. The lowest BCUT2D eigenvalue weighted by molar-refractivity contribution is 0.254. The fourth-order valence-corrected chi connectivity index (χ4v) is 1.48. The first-order chi connectivity index (χ1) is 7.59. The standard InChI is InChI=1S/C14H23NO/c1-5-12-8-6-7-9-13(12)16-11-10-14(2,3)15-4/h6-9,15H,5,10-11H2,1-4H3. The van der Waals surface area contributed by atoms with E-state index in [4.69, 9.17) is 4.74 Å². The van der Waals surface area contributed by atoms with Crippen LogP contribution in [0, 0.1) is 0 Å². The maximum atomic E-state index is 5.83. The van der Waals surface area contributed by atoms with Crippen molar-refractivity contribution in [2.45, 2.75) is 39.2 Å². The number of para-hydroxylation sites is 1. The summed E-state index contributed by atoms with van der Waals surface area (Å²) in [6.45, 7) is 7.27. The molecule has 0 unspecified atom stereocenters. The van der Waals surface area contributed by atoms with Gasteiger partial charge in [-0.05, 0) is 45.4 Å². The largest absolute Gasteiger partial charge is 0.493 e. The van der Waals surface area contributed by atoms with E-state index in [-0.39, 0.29) is 5.54 Å². The van der Waals surface area contributed by atoms with E-state index in [0.717, 1.165) is 25.2 Å². The molecule has 1 aromatic carbocycles. The van der Waals surface area contributed by atoms with E-state index in [2.05, 4.69) is 38.2 Å². The van der Waals surface area contributed by atoms with Crippen molar-refractivity contribution in [2.75, 3.05) is 13.7 Å². The Labute approximate surface area is 99.0 Å². The van der Waals surface area contributed by atoms with Gasteiger partial charge < -0.3 is 10.1 Å². The molecule has 16 heavy (non-hydrogen) atoms.